The maximum absolute atomic E-state index is 4.00. The number of fused-ring (bicyclic) bond motifs is 3. The van der Waals surface area contributed by atoms with Gasteiger partial charge >= 0.3 is 0 Å². The molecule has 2 aliphatic heterocycles. The van der Waals surface area contributed by atoms with Crippen molar-refractivity contribution in [3.05, 3.63) is 125 Å². The van der Waals surface area contributed by atoms with Crippen LogP contribution < -0.4 is 9.80 Å². The fourth-order valence-electron chi connectivity index (χ4n) is 5.75. The SMILES string of the molecule is C=C/C=C(\C=C/C)N1C(C)=C2/C(=C\C)C(C)(C)C(=C/C)/C(=C\C)N2c2cc(C(/C=C\C)=C/C)ccc21. The number of hydrogen-bond acceptors (Lipinski definition) is 2. The van der Waals surface area contributed by atoms with Crippen LogP contribution in [0, 0.1) is 5.41 Å². The van der Waals surface area contributed by atoms with Gasteiger partial charge in [-0.05, 0) is 95.0 Å². The van der Waals surface area contributed by atoms with Crippen molar-refractivity contribution in [1.29, 1.82) is 0 Å². The zero-order chi connectivity index (χ0) is 26.6. The third-order valence-corrected chi connectivity index (χ3v) is 7.20. The Morgan fingerprint density at radius 3 is 2.06 bits per heavy atom. The van der Waals surface area contributed by atoms with Gasteiger partial charge in [-0.2, -0.15) is 0 Å². The maximum Gasteiger partial charge on any atom is 0.0709 e. The molecule has 0 saturated carbocycles. The highest BCUT2D eigenvalue weighted by atomic mass is 15.3. The molecule has 0 radical (unpaired) electrons. The summed E-state index contributed by atoms with van der Waals surface area (Å²) in [5.74, 6) is 0. The molecule has 0 aromatic heterocycles. The Hall–Kier alpha value is -3.52. The minimum atomic E-state index is -0.123. The molecule has 36 heavy (non-hydrogen) atoms. The van der Waals surface area contributed by atoms with Crippen molar-refractivity contribution >= 4 is 16.9 Å². The van der Waals surface area contributed by atoms with E-state index in [9.17, 15) is 0 Å². The molecule has 0 N–H and O–H groups in total. The van der Waals surface area contributed by atoms with Crippen molar-refractivity contribution in [3.8, 4) is 0 Å². The van der Waals surface area contributed by atoms with E-state index in [1.54, 1.807) is 0 Å². The Balaban J connectivity index is 2.52. The molecule has 0 bridgehead atoms. The molecular formula is C34H42N2. The summed E-state index contributed by atoms with van der Waals surface area (Å²) in [5, 5.41) is 0. The van der Waals surface area contributed by atoms with Crippen LogP contribution in [0.3, 0.4) is 0 Å². The van der Waals surface area contributed by atoms with Crippen molar-refractivity contribution in [3.63, 3.8) is 0 Å². The first-order valence-corrected chi connectivity index (χ1v) is 13.0. The van der Waals surface area contributed by atoms with Crippen molar-refractivity contribution < 1.29 is 0 Å². The van der Waals surface area contributed by atoms with Gasteiger partial charge in [-0.25, -0.2) is 0 Å². The molecule has 2 nitrogen and oxygen atoms in total. The predicted octanol–water partition coefficient (Wildman–Crippen LogP) is 10.0. The van der Waals surface area contributed by atoms with Crippen LogP contribution >= 0.6 is 0 Å². The summed E-state index contributed by atoms with van der Waals surface area (Å²) in [6.07, 6.45) is 21.5. The van der Waals surface area contributed by atoms with Crippen LogP contribution in [-0.4, -0.2) is 0 Å². The topological polar surface area (TPSA) is 6.48 Å². The molecule has 1 fully saturated rings. The zero-order valence-electron chi connectivity index (χ0n) is 23.6. The smallest absolute Gasteiger partial charge is 0.0709 e. The maximum atomic E-state index is 4.00. The second-order valence-corrected chi connectivity index (χ2v) is 9.58. The second kappa shape index (κ2) is 11.0. The lowest BCUT2D eigenvalue weighted by molar-refractivity contribution is 0.521. The molecule has 188 valence electrons. The normalized spacial score (nSPS) is 21.9. The van der Waals surface area contributed by atoms with Crippen molar-refractivity contribution in [2.24, 2.45) is 5.41 Å². The summed E-state index contributed by atoms with van der Waals surface area (Å²) >= 11 is 0. The van der Waals surface area contributed by atoms with Crippen molar-refractivity contribution in [1.82, 2.24) is 0 Å². The predicted molar refractivity (Wildman–Crippen MR) is 161 cm³/mol. The first-order valence-electron chi connectivity index (χ1n) is 13.0. The van der Waals surface area contributed by atoms with E-state index in [0.717, 1.165) is 11.4 Å². The highest BCUT2D eigenvalue weighted by Gasteiger charge is 2.45. The molecule has 2 heteroatoms. The lowest BCUT2D eigenvalue weighted by atomic mass is 9.69. The molecule has 0 spiro atoms. The Morgan fingerprint density at radius 1 is 0.861 bits per heavy atom. The third-order valence-electron chi connectivity index (χ3n) is 7.20. The average Bonchev–Trinajstić information content (AvgIpc) is 2.86. The van der Waals surface area contributed by atoms with Gasteiger partial charge in [-0.15, -0.1) is 0 Å². The van der Waals surface area contributed by atoms with Gasteiger partial charge < -0.3 is 9.80 Å². The summed E-state index contributed by atoms with van der Waals surface area (Å²) in [4.78, 5) is 4.86. The fourth-order valence-corrected chi connectivity index (χ4v) is 5.75. The minimum Gasteiger partial charge on any atom is -0.310 e. The summed E-state index contributed by atoms with van der Waals surface area (Å²) in [7, 11) is 0. The van der Waals surface area contributed by atoms with E-state index in [1.807, 2.05) is 6.08 Å². The lowest BCUT2D eigenvalue weighted by Crippen LogP contribution is -2.43. The van der Waals surface area contributed by atoms with Crippen LogP contribution in [0.2, 0.25) is 0 Å². The van der Waals surface area contributed by atoms with E-state index < -0.39 is 0 Å². The highest BCUT2D eigenvalue weighted by Crippen LogP contribution is 2.56. The van der Waals surface area contributed by atoms with Crippen LogP contribution in [0.4, 0.5) is 11.4 Å². The van der Waals surface area contributed by atoms with E-state index in [0.29, 0.717) is 0 Å². The molecule has 0 atom stereocenters. The fraction of sp³-hybridized carbons (Fsp3) is 0.294. The summed E-state index contributed by atoms with van der Waals surface area (Å²) in [6.45, 7) is 23.6. The minimum absolute atomic E-state index is 0.123. The van der Waals surface area contributed by atoms with Crippen molar-refractivity contribution in [2.75, 3.05) is 9.80 Å². The van der Waals surface area contributed by atoms with Gasteiger partial charge in [0, 0.05) is 22.5 Å². The zero-order valence-corrected chi connectivity index (χ0v) is 23.6. The summed E-state index contributed by atoms with van der Waals surface area (Å²) in [5.41, 5.74) is 12.1. The number of allylic oxidation sites excluding steroid dienone is 14. The quantitative estimate of drug-likeness (QED) is 0.388. The van der Waals surface area contributed by atoms with Crippen LogP contribution in [0.1, 0.15) is 67.9 Å². The Kier molecular flexibility index (Phi) is 8.30. The first-order chi connectivity index (χ1) is 17.3. The largest absolute Gasteiger partial charge is 0.310 e. The Labute approximate surface area is 219 Å². The second-order valence-electron chi connectivity index (χ2n) is 9.58. The molecule has 2 heterocycles. The van der Waals surface area contributed by atoms with Gasteiger partial charge in [0.25, 0.3) is 0 Å². The number of anilines is 2. The first kappa shape index (κ1) is 27.1. The summed E-state index contributed by atoms with van der Waals surface area (Å²) in [6, 6.07) is 6.83. The van der Waals surface area contributed by atoms with Gasteiger partial charge in [0.1, 0.15) is 0 Å². The number of benzene rings is 1. The van der Waals surface area contributed by atoms with Crippen LogP contribution in [-0.2, 0) is 0 Å². The molecule has 2 aliphatic rings. The van der Waals surface area contributed by atoms with Crippen LogP contribution in [0.5, 0.6) is 0 Å². The molecule has 1 aromatic rings. The number of nitrogens with zero attached hydrogens (tertiary/aromatic N) is 2. The Morgan fingerprint density at radius 2 is 1.53 bits per heavy atom. The number of piperidine rings is 1. The van der Waals surface area contributed by atoms with Gasteiger partial charge in [0.05, 0.1) is 17.1 Å². The lowest BCUT2D eigenvalue weighted by Gasteiger charge is -2.51. The highest BCUT2D eigenvalue weighted by molar-refractivity contribution is 5.91. The molecule has 1 saturated heterocycles. The summed E-state index contributed by atoms with van der Waals surface area (Å²) < 4.78 is 0. The third kappa shape index (κ3) is 4.30. The van der Waals surface area contributed by atoms with E-state index in [-0.39, 0.29) is 5.41 Å². The van der Waals surface area contributed by atoms with Gasteiger partial charge in [0.2, 0.25) is 0 Å². The number of hydrogen-bond donors (Lipinski definition) is 0. The molecule has 3 rings (SSSR count). The van der Waals surface area contributed by atoms with E-state index in [2.05, 4.69) is 152 Å². The van der Waals surface area contributed by atoms with E-state index >= 15 is 0 Å². The van der Waals surface area contributed by atoms with Gasteiger partial charge in [-0.1, -0.05) is 75.1 Å². The monoisotopic (exact) mass is 478 g/mol. The molecule has 0 aliphatic carbocycles. The number of rotatable bonds is 5. The molecule has 1 aromatic carbocycles. The van der Waals surface area contributed by atoms with Crippen LogP contribution in [0.25, 0.3) is 5.57 Å². The van der Waals surface area contributed by atoms with Gasteiger partial charge in [-0.3, -0.25) is 0 Å². The molecular weight excluding hydrogens is 436 g/mol. The van der Waals surface area contributed by atoms with E-state index in [4.69, 9.17) is 0 Å². The molecule has 0 unspecified atom stereocenters. The Bertz CT molecular complexity index is 1280. The van der Waals surface area contributed by atoms with E-state index in [1.165, 1.54) is 45.1 Å². The standard InChI is InChI=1S/C34H42N2/c1-11-18-25(14-4)26-21-22-31-32(23-26)36-30(17-7)28(15-5)34(9,10)29(16-6)33(36)24(8)35(31)27(19-12-2)20-13-3/h11-23H,2H2,1,3-10H3/b18-11-,20-13-,25-14+,27-19+,28-15+,29-16+,30-17+. The molecule has 0 amide bonds. The average molecular weight is 479 g/mol. The van der Waals surface area contributed by atoms with Crippen LogP contribution in [0.15, 0.2) is 119 Å². The van der Waals surface area contributed by atoms with Crippen molar-refractivity contribution in [2.45, 2.75) is 62.3 Å². The van der Waals surface area contributed by atoms with Gasteiger partial charge in [0.15, 0.2) is 0 Å².